The Kier molecular flexibility index (Phi) is 4.98. The molecule has 1 aliphatic heterocycles. The molecule has 100 valence electrons. The van der Waals surface area contributed by atoms with Crippen molar-refractivity contribution in [1.29, 1.82) is 0 Å². The van der Waals surface area contributed by atoms with Crippen molar-refractivity contribution in [3.8, 4) is 0 Å². The number of hydrogen-bond donors (Lipinski definition) is 1. The molecule has 0 spiro atoms. The van der Waals surface area contributed by atoms with Gasteiger partial charge in [0.05, 0.1) is 11.1 Å². The molecular formula is C14H19ClFNO. The van der Waals surface area contributed by atoms with Crippen LogP contribution in [0.1, 0.15) is 31.7 Å². The lowest BCUT2D eigenvalue weighted by Crippen LogP contribution is -2.38. The lowest BCUT2D eigenvalue weighted by Gasteiger charge is -2.29. The zero-order valence-corrected chi connectivity index (χ0v) is 11.3. The smallest absolute Gasteiger partial charge is 0.141 e. The van der Waals surface area contributed by atoms with Crippen LogP contribution < -0.4 is 5.32 Å². The van der Waals surface area contributed by atoms with Crippen LogP contribution >= 0.6 is 11.6 Å². The average Bonchev–Trinajstić information content (AvgIpc) is 2.40. The molecule has 0 radical (unpaired) electrons. The van der Waals surface area contributed by atoms with Gasteiger partial charge in [-0.1, -0.05) is 24.6 Å². The summed E-state index contributed by atoms with van der Waals surface area (Å²) < 4.78 is 18.7. The minimum Gasteiger partial charge on any atom is -0.378 e. The maximum absolute atomic E-state index is 13.0. The SMILES string of the molecule is CCC1CC(NCc2ccc(F)c(Cl)c2)CCO1. The Labute approximate surface area is 112 Å². The van der Waals surface area contributed by atoms with E-state index in [1.807, 2.05) is 0 Å². The summed E-state index contributed by atoms with van der Waals surface area (Å²) in [7, 11) is 0. The first-order valence-electron chi connectivity index (χ1n) is 6.48. The molecule has 0 amide bonds. The van der Waals surface area contributed by atoms with Crippen molar-refractivity contribution >= 4 is 11.6 Å². The second-order valence-electron chi connectivity index (χ2n) is 4.75. The zero-order valence-electron chi connectivity index (χ0n) is 10.6. The van der Waals surface area contributed by atoms with E-state index in [9.17, 15) is 4.39 Å². The van der Waals surface area contributed by atoms with Gasteiger partial charge in [0.1, 0.15) is 5.82 Å². The van der Waals surface area contributed by atoms with Gasteiger partial charge >= 0.3 is 0 Å². The predicted molar refractivity (Wildman–Crippen MR) is 71.3 cm³/mol. The van der Waals surface area contributed by atoms with Crippen molar-refractivity contribution in [2.24, 2.45) is 0 Å². The number of ether oxygens (including phenoxy) is 1. The monoisotopic (exact) mass is 271 g/mol. The van der Waals surface area contributed by atoms with Gasteiger partial charge in [-0.3, -0.25) is 0 Å². The van der Waals surface area contributed by atoms with Crippen LogP contribution in [-0.4, -0.2) is 18.8 Å². The molecule has 2 unspecified atom stereocenters. The van der Waals surface area contributed by atoms with E-state index in [4.69, 9.17) is 16.3 Å². The molecule has 2 rings (SSSR count). The van der Waals surface area contributed by atoms with Crippen molar-refractivity contribution in [3.05, 3.63) is 34.6 Å². The highest BCUT2D eigenvalue weighted by molar-refractivity contribution is 6.30. The minimum absolute atomic E-state index is 0.188. The molecular weight excluding hydrogens is 253 g/mol. The van der Waals surface area contributed by atoms with E-state index < -0.39 is 0 Å². The van der Waals surface area contributed by atoms with E-state index in [1.165, 1.54) is 6.07 Å². The highest BCUT2D eigenvalue weighted by Gasteiger charge is 2.20. The molecule has 1 aromatic carbocycles. The Morgan fingerprint density at radius 1 is 1.50 bits per heavy atom. The quantitative estimate of drug-likeness (QED) is 0.905. The summed E-state index contributed by atoms with van der Waals surface area (Å²) in [5.74, 6) is -0.363. The molecule has 0 aromatic heterocycles. The van der Waals surface area contributed by atoms with Crippen molar-refractivity contribution in [2.45, 2.75) is 44.9 Å². The molecule has 2 nitrogen and oxygen atoms in total. The Morgan fingerprint density at radius 2 is 2.33 bits per heavy atom. The molecule has 2 atom stereocenters. The van der Waals surface area contributed by atoms with Gasteiger partial charge in [0.2, 0.25) is 0 Å². The van der Waals surface area contributed by atoms with Crippen molar-refractivity contribution in [1.82, 2.24) is 5.32 Å². The van der Waals surface area contributed by atoms with Gasteiger partial charge in [-0.25, -0.2) is 4.39 Å². The van der Waals surface area contributed by atoms with Gasteiger partial charge in [0.25, 0.3) is 0 Å². The summed E-state index contributed by atoms with van der Waals surface area (Å²) in [5.41, 5.74) is 1.01. The van der Waals surface area contributed by atoms with E-state index in [1.54, 1.807) is 12.1 Å². The summed E-state index contributed by atoms with van der Waals surface area (Å²) in [4.78, 5) is 0. The molecule has 0 bridgehead atoms. The van der Waals surface area contributed by atoms with E-state index in [0.717, 1.165) is 38.0 Å². The van der Waals surface area contributed by atoms with E-state index in [2.05, 4.69) is 12.2 Å². The van der Waals surface area contributed by atoms with Crippen LogP contribution in [0.15, 0.2) is 18.2 Å². The van der Waals surface area contributed by atoms with Crippen molar-refractivity contribution in [2.75, 3.05) is 6.61 Å². The molecule has 1 N–H and O–H groups in total. The molecule has 4 heteroatoms. The van der Waals surface area contributed by atoms with E-state index >= 15 is 0 Å². The number of halogens is 2. The van der Waals surface area contributed by atoms with Gasteiger partial charge in [0, 0.05) is 19.2 Å². The fourth-order valence-corrected chi connectivity index (χ4v) is 2.47. The third-order valence-electron chi connectivity index (χ3n) is 3.40. The molecule has 18 heavy (non-hydrogen) atoms. The summed E-state index contributed by atoms with van der Waals surface area (Å²) in [5, 5.41) is 3.68. The maximum atomic E-state index is 13.0. The summed E-state index contributed by atoms with van der Waals surface area (Å²) in [6.45, 7) is 3.69. The third-order valence-corrected chi connectivity index (χ3v) is 3.69. The van der Waals surface area contributed by atoms with Gasteiger partial charge in [-0.2, -0.15) is 0 Å². The molecule has 0 aliphatic carbocycles. The number of benzene rings is 1. The van der Waals surface area contributed by atoms with Crippen LogP contribution in [0.25, 0.3) is 0 Å². The van der Waals surface area contributed by atoms with Crippen LogP contribution in [0.2, 0.25) is 5.02 Å². The Hall–Kier alpha value is -0.640. The number of rotatable bonds is 4. The summed E-state index contributed by atoms with van der Waals surface area (Å²) in [6, 6.07) is 5.34. The largest absolute Gasteiger partial charge is 0.378 e. The zero-order chi connectivity index (χ0) is 13.0. The Morgan fingerprint density at radius 3 is 3.06 bits per heavy atom. The van der Waals surface area contributed by atoms with Crippen LogP contribution in [0.4, 0.5) is 4.39 Å². The molecule has 0 saturated carbocycles. The van der Waals surface area contributed by atoms with Crippen molar-refractivity contribution < 1.29 is 9.13 Å². The first-order chi connectivity index (χ1) is 8.69. The second kappa shape index (κ2) is 6.50. The molecule has 1 aliphatic rings. The summed E-state index contributed by atoms with van der Waals surface area (Å²) >= 11 is 5.76. The predicted octanol–water partition coefficient (Wildman–Crippen LogP) is 3.53. The first kappa shape index (κ1) is 13.8. The highest BCUT2D eigenvalue weighted by Crippen LogP contribution is 2.18. The average molecular weight is 272 g/mol. The lowest BCUT2D eigenvalue weighted by molar-refractivity contribution is -0.000318. The highest BCUT2D eigenvalue weighted by atomic mass is 35.5. The van der Waals surface area contributed by atoms with Gasteiger partial charge in [-0.05, 0) is 37.0 Å². The van der Waals surface area contributed by atoms with Crippen LogP contribution in [0, 0.1) is 5.82 Å². The minimum atomic E-state index is -0.363. The molecule has 1 aromatic rings. The normalized spacial score (nSPS) is 24.2. The Balaban J connectivity index is 1.85. The summed E-state index contributed by atoms with van der Waals surface area (Å²) in [6.07, 6.45) is 3.50. The van der Waals surface area contributed by atoms with Crippen LogP contribution in [0.3, 0.4) is 0 Å². The fourth-order valence-electron chi connectivity index (χ4n) is 2.26. The fraction of sp³-hybridized carbons (Fsp3) is 0.571. The maximum Gasteiger partial charge on any atom is 0.141 e. The van der Waals surface area contributed by atoms with E-state index in [-0.39, 0.29) is 10.8 Å². The molecule has 1 fully saturated rings. The van der Waals surface area contributed by atoms with Gasteiger partial charge in [0.15, 0.2) is 0 Å². The number of hydrogen-bond acceptors (Lipinski definition) is 2. The Bertz CT molecular complexity index is 399. The topological polar surface area (TPSA) is 21.3 Å². The van der Waals surface area contributed by atoms with Gasteiger partial charge < -0.3 is 10.1 Å². The van der Waals surface area contributed by atoms with Crippen LogP contribution in [0.5, 0.6) is 0 Å². The van der Waals surface area contributed by atoms with E-state index in [0.29, 0.717) is 12.1 Å². The number of nitrogens with one attached hydrogen (secondary N) is 1. The van der Waals surface area contributed by atoms with Crippen molar-refractivity contribution in [3.63, 3.8) is 0 Å². The molecule has 1 saturated heterocycles. The van der Waals surface area contributed by atoms with Crippen LogP contribution in [-0.2, 0) is 11.3 Å². The lowest BCUT2D eigenvalue weighted by atomic mass is 10.0. The van der Waals surface area contributed by atoms with Gasteiger partial charge in [-0.15, -0.1) is 0 Å². The second-order valence-corrected chi connectivity index (χ2v) is 5.16. The molecule has 1 heterocycles. The third kappa shape index (κ3) is 3.67. The first-order valence-corrected chi connectivity index (χ1v) is 6.85. The standard InChI is InChI=1S/C14H19ClFNO/c1-2-12-8-11(5-6-18-12)17-9-10-3-4-14(16)13(15)7-10/h3-4,7,11-12,17H,2,5-6,8-9H2,1H3.